The van der Waals surface area contributed by atoms with Crippen molar-refractivity contribution >= 4 is 33.5 Å². The van der Waals surface area contributed by atoms with Gasteiger partial charge < -0.3 is 10.1 Å². The maximum atomic E-state index is 12.8. The van der Waals surface area contributed by atoms with Crippen molar-refractivity contribution in [3.05, 3.63) is 29.8 Å². The largest absolute Gasteiger partial charge is 0.455 e. The van der Waals surface area contributed by atoms with Crippen LogP contribution in [0.4, 0.5) is 18.9 Å². The molecule has 2 unspecified atom stereocenters. The van der Waals surface area contributed by atoms with E-state index >= 15 is 0 Å². The van der Waals surface area contributed by atoms with Gasteiger partial charge in [0.15, 0.2) is 6.61 Å². The first-order valence-electron chi connectivity index (χ1n) is 9.40. The first-order chi connectivity index (χ1) is 13.1. The Balaban J connectivity index is 1.33. The fraction of sp³-hybridized carbons (Fsp3) is 0.600. The summed E-state index contributed by atoms with van der Waals surface area (Å²) in [7, 11) is 0. The van der Waals surface area contributed by atoms with Crippen LogP contribution >= 0.6 is 15.9 Å². The highest BCUT2D eigenvalue weighted by atomic mass is 79.9. The van der Waals surface area contributed by atoms with Crippen LogP contribution in [-0.2, 0) is 20.5 Å². The van der Waals surface area contributed by atoms with Crippen LogP contribution in [0.15, 0.2) is 24.3 Å². The molecule has 8 heteroatoms. The second-order valence-electron chi connectivity index (χ2n) is 8.59. The zero-order valence-corrected chi connectivity index (χ0v) is 16.7. The molecule has 0 aliphatic heterocycles. The van der Waals surface area contributed by atoms with Gasteiger partial charge in [0.25, 0.3) is 5.91 Å². The van der Waals surface area contributed by atoms with Crippen molar-refractivity contribution in [2.45, 2.75) is 49.0 Å². The van der Waals surface area contributed by atoms with E-state index in [9.17, 15) is 22.8 Å². The lowest BCUT2D eigenvalue weighted by atomic mass is 9.49. The lowest BCUT2D eigenvalue weighted by Crippen LogP contribution is -2.56. The molecule has 0 saturated heterocycles. The van der Waals surface area contributed by atoms with Crippen molar-refractivity contribution < 1.29 is 27.5 Å². The Morgan fingerprint density at radius 3 is 2.25 bits per heavy atom. The summed E-state index contributed by atoms with van der Waals surface area (Å²) in [6.45, 7) is -0.438. The van der Waals surface area contributed by atoms with Gasteiger partial charge in [0.1, 0.15) is 0 Å². The quantitative estimate of drug-likeness (QED) is 0.513. The average Bonchev–Trinajstić information content (AvgIpc) is 2.57. The van der Waals surface area contributed by atoms with Gasteiger partial charge in [-0.3, -0.25) is 9.59 Å². The minimum absolute atomic E-state index is 0.0125. The summed E-state index contributed by atoms with van der Waals surface area (Å²) in [5, 5.41) is 2.46. The van der Waals surface area contributed by atoms with E-state index in [-0.39, 0.29) is 16.0 Å². The number of ether oxygens (including phenoxy) is 1. The van der Waals surface area contributed by atoms with Crippen LogP contribution in [0.2, 0.25) is 0 Å². The number of amides is 1. The topological polar surface area (TPSA) is 55.4 Å². The number of benzene rings is 1. The molecule has 28 heavy (non-hydrogen) atoms. The van der Waals surface area contributed by atoms with E-state index in [1.807, 2.05) is 0 Å². The van der Waals surface area contributed by atoms with Crippen molar-refractivity contribution in [1.29, 1.82) is 0 Å². The highest BCUT2D eigenvalue weighted by Crippen LogP contribution is 2.64. The van der Waals surface area contributed by atoms with Crippen molar-refractivity contribution in [2.75, 3.05) is 11.9 Å². The summed E-state index contributed by atoms with van der Waals surface area (Å²) in [5.74, 6) is 0.155. The number of halogens is 4. The van der Waals surface area contributed by atoms with E-state index < -0.39 is 29.7 Å². The normalized spacial score (nSPS) is 33.6. The third kappa shape index (κ3) is 3.80. The van der Waals surface area contributed by atoms with Crippen molar-refractivity contribution in [2.24, 2.45) is 17.3 Å². The number of nitrogens with one attached hydrogen (secondary N) is 1. The lowest BCUT2D eigenvalue weighted by Gasteiger charge is -2.58. The minimum Gasteiger partial charge on any atom is -0.455 e. The molecular formula is C20H21BrF3NO3. The Morgan fingerprint density at radius 2 is 1.71 bits per heavy atom. The Hall–Kier alpha value is -1.57. The predicted octanol–water partition coefficient (Wildman–Crippen LogP) is 4.92. The van der Waals surface area contributed by atoms with Crippen LogP contribution < -0.4 is 5.32 Å². The van der Waals surface area contributed by atoms with Gasteiger partial charge in [-0.1, -0.05) is 15.9 Å². The number of anilines is 1. The van der Waals surface area contributed by atoms with Gasteiger partial charge in [-0.2, -0.15) is 13.2 Å². The number of carbonyl (C=O) groups excluding carboxylic acids is 2. The molecule has 5 rings (SSSR count). The maximum Gasteiger partial charge on any atom is 0.416 e. The third-order valence-corrected chi connectivity index (χ3v) is 7.18. The van der Waals surface area contributed by atoms with Gasteiger partial charge in [-0.25, -0.2) is 0 Å². The van der Waals surface area contributed by atoms with E-state index in [2.05, 4.69) is 21.2 Å². The highest BCUT2D eigenvalue weighted by Gasteiger charge is 2.60. The lowest BCUT2D eigenvalue weighted by molar-refractivity contribution is -0.170. The molecule has 0 aromatic heterocycles. The van der Waals surface area contributed by atoms with Crippen LogP contribution in [0, 0.1) is 17.3 Å². The number of alkyl halides is 4. The summed E-state index contributed by atoms with van der Waals surface area (Å²) in [6.07, 6.45) is 1.29. The standard InChI is InChI=1S/C20H21BrF3NO3/c21-19-8-12-5-13(9-19)7-18(6-12,11-19)17(27)28-10-16(26)25-15-3-1-14(2-4-15)20(22,23)24/h1-4,12-13H,5-11H2,(H,25,26)/t12-,13+,18?,19?. The van der Waals surface area contributed by atoms with Crippen LogP contribution in [0.1, 0.15) is 44.1 Å². The average molecular weight is 460 g/mol. The molecule has 0 radical (unpaired) electrons. The molecule has 152 valence electrons. The van der Waals surface area contributed by atoms with Crippen LogP contribution in [0.3, 0.4) is 0 Å². The second-order valence-corrected chi connectivity index (χ2v) is 10.3. The van der Waals surface area contributed by atoms with E-state index in [1.165, 1.54) is 12.1 Å². The molecule has 4 bridgehead atoms. The van der Waals surface area contributed by atoms with E-state index in [1.54, 1.807) is 0 Å². The van der Waals surface area contributed by atoms with Crippen LogP contribution in [-0.4, -0.2) is 22.8 Å². The molecule has 1 amide bonds. The van der Waals surface area contributed by atoms with Gasteiger partial charge in [-0.05, 0) is 74.6 Å². The molecular weight excluding hydrogens is 439 g/mol. The molecule has 0 heterocycles. The maximum absolute atomic E-state index is 12.8. The zero-order valence-electron chi connectivity index (χ0n) is 15.2. The summed E-state index contributed by atoms with van der Waals surface area (Å²) >= 11 is 3.84. The van der Waals surface area contributed by atoms with E-state index in [4.69, 9.17) is 4.74 Å². The van der Waals surface area contributed by atoms with E-state index in [0.29, 0.717) is 11.8 Å². The molecule has 1 aromatic carbocycles. The second kappa shape index (κ2) is 6.75. The predicted molar refractivity (Wildman–Crippen MR) is 99.8 cm³/mol. The van der Waals surface area contributed by atoms with Crippen molar-refractivity contribution in [3.8, 4) is 0 Å². The first-order valence-corrected chi connectivity index (χ1v) is 10.2. The third-order valence-electron chi connectivity index (χ3n) is 6.25. The number of hydrogen-bond donors (Lipinski definition) is 1. The van der Waals surface area contributed by atoms with Gasteiger partial charge in [0.05, 0.1) is 11.0 Å². The summed E-state index contributed by atoms with van der Waals surface area (Å²) in [6, 6.07) is 4.14. The minimum atomic E-state index is -4.43. The molecule has 4 fully saturated rings. The Morgan fingerprint density at radius 1 is 1.11 bits per heavy atom. The number of hydrogen-bond acceptors (Lipinski definition) is 3. The van der Waals surface area contributed by atoms with Crippen LogP contribution in [0.25, 0.3) is 0 Å². The zero-order chi connectivity index (χ0) is 20.2. The number of carbonyl (C=O) groups is 2. The Labute approximate surface area is 169 Å². The highest BCUT2D eigenvalue weighted by molar-refractivity contribution is 9.10. The Kier molecular flexibility index (Phi) is 4.75. The summed E-state index contributed by atoms with van der Waals surface area (Å²) in [5.41, 5.74) is -1.08. The molecule has 0 spiro atoms. The van der Waals surface area contributed by atoms with Crippen LogP contribution in [0.5, 0.6) is 0 Å². The van der Waals surface area contributed by atoms with Gasteiger partial charge >= 0.3 is 12.1 Å². The molecule has 4 atom stereocenters. The molecule has 1 N–H and O–H groups in total. The first kappa shape index (κ1) is 19.7. The van der Waals surface area contributed by atoms with Gasteiger partial charge in [0, 0.05) is 10.0 Å². The number of rotatable bonds is 4. The fourth-order valence-corrected chi connectivity index (χ4v) is 7.07. The SMILES string of the molecule is O=C(COC(=O)C12C[C@@H]3C[C@@H](CC(Br)(C3)C1)C2)Nc1ccc(C(F)(F)F)cc1. The summed E-state index contributed by atoms with van der Waals surface area (Å²) < 4.78 is 43.1. The smallest absolute Gasteiger partial charge is 0.416 e. The van der Waals surface area contributed by atoms with E-state index in [0.717, 1.165) is 50.7 Å². The Bertz CT molecular complexity index is 779. The summed E-state index contributed by atoms with van der Waals surface area (Å²) in [4.78, 5) is 24.9. The molecule has 4 nitrogen and oxygen atoms in total. The monoisotopic (exact) mass is 459 g/mol. The van der Waals surface area contributed by atoms with Gasteiger partial charge in [0.2, 0.25) is 0 Å². The fourth-order valence-electron chi connectivity index (χ4n) is 5.61. The number of esters is 1. The van der Waals surface area contributed by atoms with Gasteiger partial charge in [-0.15, -0.1) is 0 Å². The molecule has 4 saturated carbocycles. The van der Waals surface area contributed by atoms with Crippen molar-refractivity contribution in [1.82, 2.24) is 0 Å². The van der Waals surface area contributed by atoms with Crippen molar-refractivity contribution in [3.63, 3.8) is 0 Å². The molecule has 1 aromatic rings. The molecule has 4 aliphatic carbocycles. The molecule has 4 aliphatic rings.